The molecule has 0 radical (unpaired) electrons. The van der Waals surface area contributed by atoms with Crippen LogP contribution in [-0.2, 0) is 4.74 Å². The average molecular weight is 282 g/mol. The summed E-state index contributed by atoms with van der Waals surface area (Å²) in [5.41, 5.74) is 1.29. The number of benzene rings is 1. The summed E-state index contributed by atoms with van der Waals surface area (Å²) in [4.78, 5) is 0. The molecule has 0 aliphatic carbocycles. The molecule has 3 atom stereocenters. The molecule has 2 rings (SSSR count). The molecular formula is C16H24ClNO. The van der Waals surface area contributed by atoms with Crippen LogP contribution in [-0.4, -0.2) is 18.8 Å². The van der Waals surface area contributed by atoms with Crippen molar-refractivity contribution in [3.8, 4) is 0 Å². The summed E-state index contributed by atoms with van der Waals surface area (Å²) in [5, 5.41) is 4.59. The Morgan fingerprint density at radius 3 is 2.95 bits per heavy atom. The van der Waals surface area contributed by atoms with Gasteiger partial charge in [-0.1, -0.05) is 37.6 Å². The van der Waals surface area contributed by atoms with Crippen LogP contribution in [0.15, 0.2) is 24.3 Å². The lowest BCUT2D eigenvalue weighted by Crippen LogP contribution is -2.40. The lowest BCUT2D eigenvalue weighted by atomic mass is 9.97. The van der Waals surface area contributed by atoms with E-state index in [1.165, 1.54) is 5.56 Å². The van der Waals surface area contributed by atoms with Crippen molar-refractivity contribution < 1.29 is 4.74 Å². The zero-order valence-corrected chi connectivity index (χ0v) is 12.6. The van der Waals surface area contributed by atoms with Crippen molar-refractivity contribution in [1.29, 1.82) is 0 Å². The summed E-state index contributed by atoms with van der Waals surface area (Å²) >= 11 is 6.09. The normalized spacial score (nSPS) is 25.2. The van der Waals surface area contributed by atoms with Gasteiger partial charge in [0.15, 0.2) is 0 Å². The first-order valence-electron chi connectivity index (χ1n) is 7.36. The molecule has 1 aromatic rings. The smallest absolute Gasteiger partial charge is 0.0587 e. The lowest BCUT2D eigenvalue weighted by molar-refractivity contribution is -0.00210. The number of ether oxygens (including phenoxy) is 1. The maximum atomic E-state index is 6.09. The highest BCUT2D eigenvalue weighted by molar-refractivity contribution is 6.30. The molecule has 3 unspecified atom stereocenters. The molecule has 1 fully saturated rings. The molecule has 1 heterocycles. The molecule has 106 valence electrons. The Kier molecular flexibility index (Phi) is 5.68. The third kappa shape index (κ3) is 4.20. The Morgan fingerprint density at radius 2 is 2.26 bits per heavy atom. The third-order valence-electron chi connectivity index (χ3n) is 3.92. The molecule has 2 nitrogen and oxygen atoms in total. The first-order valence-corrected chi connectivity index (χ1v) is 7.73. The fraction of sp³-hybridized carbons (Fsp3) is 0.625. The van der Waals surface area contributed by atoms with E-state index in [9.17, 15) is 0 Å². The Labute approximate surface area is 121 Å². The Hall–Kier alpha value is -0.570. The summed E-state index contributed by atoms with van der Waals surface area (Å²) in [7, 11) is 0. The van der Waals surface area contributed by atoms with Crippen LogP contribution < -0.4 is 5.32 Å². The van der Waals surface area contributed by atoms with Gasteiger partial charge in [-0.3, -0.25) is 0 Å². The molecule has 0 spiro atoms. The standard InChI is InChI=1S/C16H24ClNO/c1-3-15-11-14(8-9-19-15)18-16(4-2)12-6-5-7-13(17)10-12/h5-7,10,14-16,18H,3-4,8-9,11H2,1-2H3. The molecule has 3 heteroatoms. The first-order chi connectivity index (χ1) is 9.22. The van der Waals surface area contributed by atoms with Gasteiger partial charge in [-0.15, -0.1) is 0 Å². The second-order valence-electron chi connectivity index (χ2n) is 5.30. The fourth-order valence-corrected chi connectivity index (χ4v) is 2.97. The molecule has 0 amide bonds. The van der Waals surface area contributed by atoms with Crippen LogP contribution in [0.4, 0.5) is 0 Å². The van der Waals surface area contributed by atoms with Crippen molar-refractivity contribution in [2.45, 2.75) is 57.7 Å². The van der Waals surface area contributed by atoms with Crippen LogP contribution in [0.3, 0.4) is 0 Å². The van der Waals surface area contributed by atoms with Gasteiger partial charge < -0.3 is 10.1 Å². The molecule has 1 N–H and O–H groups in total. The quantitative estimate of drug-likeness (QED) is 0.867. The van der Waals surface area contributed by atoms with Crippen molar-refractivity contribution >= 4 is 11.6 Å². The van der Waals surface area contributed by atoms with Gasteiger partial charge in [0.1, 0.15) is 0 Å². The van der Waals surface area contributed by atoms with Gasteiger partial charge in [0.2, 0.25) is 0 Å². The van der Waals surface area contributed by atoms with Gasteiger partial charge in [0, 0.05) is 23.7 Å². The summed E-state index contributed by atoms with van der Waals surface area (Å²) in [6, 6.07) is 9.13. The maximum Gasteiger partial charge on any atom is 0.0587 e. The Bertz CT molecular complexity index is 396. The monoisotopic (exact) mass is 281 g/mol. The van der Waals surface area contributed by atoms with Crippen molar-refractivity contribution in [2.24, 2.45) is 0 Å². The van der Waals surface area contributed by atoms with Crippen LogP contribution >= 0.6 is 11.6 Å². The van der Waals surface area contributed by atoms with Crippen molar-refractivity contribution in [3.05, 3.63) is 34.9 Å². The number of hydrogen-bond donors (Lipinski definition) is 1. The molecule has 1 saturated heterocycles. The lowest BCUT2D eigenvalue weighted by Gasteiger charge is -2.32. The van der Waals surface area contributed by atoms with Crippen molar-refractivity contribution in [1.82, 2.24) is 5.32 Å². The largest absolute Gasteiger partial charge is 0.378 e. The van der Waals surface area contributed by atoms with Crippen LogP contribution in [0.5, 0.6) is 0 Å². The first kappa shape index (κ1) is 14.8. The zero-order valence-electron chi connectivity index (χ0n) is 11.9. The molecular weight excluding hydrogens is 258 g/mol. The van der Waals surface area contributed by atoms with E-state index in [-0.39, 0.29) is 0 Å². The molecule has 0 saturated carbocycles. The van der Waals surface area contributed by atoms with E-state index in [0.29, 0.717) is 18.2 Å². The van der Waals surface area contributed by atoms with Crippen molar-refractivity contribution in [3.63, 3.8) is 0 Å². The summed E-state index contributed by atoms with van der Waals surface area (Å²) in [5.74, 6) is 0. The van der Waals surface area contributed by atoms with Gasteiger partial charge in [-0.05, 0) is 43.4 Å². The van der Waals surface area contributed by atoms with E-state index in [2.05, 4.69) is 31.3 Å². The maximum absolute atomic E-state index is 6.09. The topological polar surface area (TPSA) is 21.3 Å². The number of nitrogens with one attached hydrogen (secondary N) is 1. The van der Waals surface area contributed by atoms with Gasteiger partial charge in [-0.2, -0.15) is 0 Å². The Balaban J connectivity index is 1.99. The predicted molar refractivity (Wildman–Crippen MR) is 80.7 cm³/mol. The minimum absolute atomic E-state index is 0.388. The summed E-state index contributed by atoms with van der Waals surface area (Å²) < 4.78 is 5.74. The van der Waals surface area contributed by atoms with E-state index in [1.54, 1.807) is 0 Å². The minimum atomic E-state index is 0.388. The molecule has 0 aromatic heterocycles. The Morgan fingerprint density at radius 1 is 1.42 bits per heavy atom. The number of rotatable bonds is 5. The fourth-order valence-electron chi connectivity index (χ4n) is 2.77. The predicted octanol–water partition coefficient (Wildman–Crippen LogP) is 4.34. The number of halogens is 1. The van der Waals surface area contributed by atoms with Crippen LogP contribution in [0.1, 0.15) is 51.1 Å². The molecule has 1 aliphatic heterocycles. The van der Waals surface area contributed by atoms with E-state index in [4.69, 9.17) is 16.3 Å². The number of hydrogen-bond acceptors (Lipinski definition) is 2. The molecule has 1 aromatic carbocycles. The van der Waals surface area contributed by atoms with Gasteiger partial charge >= 0.3 is 0 Å². The zero-order chi connectivity index (χ0) is 13.7. The minimum Gasteiger partial charge on any atom is -0.378 e. The summed E-state index contributed by atoms with van der Waals surface area (Å²) in [6.45, 7) is 5.29. The third-order valence-corrected chi connectivity index (χ3v) is 4.15. The average Bonchev–Trinajstić information content (AvgIpc) is 2.45. The SMILES string of the molecule is CCC1CC(NC(CC)c2cccc(Cl)c2)CCO1. The van der Waals surface area contributed by atoms with Gasteiger partial charge in [-0.25, -0.2) is 0 Å². The molecule has 19 heavy (non-hydrogen) atoms. The molecule has 0 bridgehead atoms. The van der Waals surface area contributed by atoms with Crippen LogP contribution in [0.25, 0.3) is 0 Å². The summed E-state index contributed by atoms with van der Waals surface area (Å²) in [6.07, 6.45) is 4.82. The van der Waals surface area contributed by atoms with Crippen LogP contribution in [0, 0.1) is 0 Å². The van der Waals surface area contributed by atoms with E-state index < -0.39 is 0 Å². The van der Waals surface area contributed by atoms with Crippen molar-refractivity contribution in [2.75, 3.05) is 6.61 Å². The van der Waals surface area contributed by atoms with E-state index in [1.807, 2.05) is 12.1 Å². The highest BCUT2D eigenvalue weighted by atomic mass is 35.5. The van der Waals surface area contributed by atoms with E-state index in [0.717, 1.165) is 37.3 Å². The second-order valence-corrected chi connectivity index (χ2v) is 5.74. The second kappa shape index (κ2) is 7.28. The van der Waals surface area contributed by atoms with Gasteiger partial charge in [0.05, 0.1) is 6.10 Å². The van der Waals surface area contributed by atoms with Crippen LogP contribution in [0.2, 0.25) is 5.02 Å². The highest BCUT2D eigenvalue weighted by Gasteiger charge is 2.23. The molecule has 1 aliphatic rings. The highest BCUT2D eigenvalue weighted by Crippen LogP contribution is 2.24. The van der Waals surface area contributed by atoms with Gasteiger partial charge in [0.25, 0.3) is 0 Å². The van der Waals surface area contributed by atoms with E-state index >= 15 is 0 Å².